The van der Waals surface area contributed by atoms with Crippen molar-refractivity contribution in [2.24, 2.45) is 29.6 Å². The number of hydrogen-bond donors (Lipinski definition) is 0. The van der Waals surface area contributed by atoms with Gasteiger partial charge in [0.05, 0.1) is 0 Å². The monoisotopic (exact) mass is 410 g/mol. The van der Waals surface area contributed by atoms with Crippen LogP contribution in [0.5, 0.6) is 5.75 Å². The van der Waals surface area contributed by atoms with Gasteiger partial charge in [0.1, 0.15) is 18.2 Å². The number of rotatable bonds is 6. The van der Waals surface area contributed by atoms with Crippen molar-refractivity contribution in [2.75, 3.05) is 6.61 Å². The van der Waals surface area contributed by atoms with Gasteiger partial charge in [-0.1, -0.05) is 30.9 Å². The van der Waals surface area contributed by atoms with E-state index >= 15 is 0 Å². The fourth-order valence-corrected chi connectivity index (χ4v) is 6.80. The molecule has 4 unspecified atom stereocenters. The largest absolute Gasteiger partial charge is 0.489 e. The van der Waals surface area contributed by atoms with Crippen LogP contribution in [0.2, 0.25) is 0 Å². The Morgan fingerprint density at radius 2 is 1.60 bits per heavy atom. The number of ether oxygens (including phenoxy) is 1. The highest BCUT2D eigenvalue weighted by molar-refractivity contribution is 5.31. The molecular weight excluding hydrogens is 371 g/mol. The van der Waals surface area contributed by atoms with Crippen molar-refractivity contribution in [1.82, 2.24) is 0 Å². The zero-order chi connectivity index (χ0) is 20.9. The summed E-state index contributed by atoms with van der Waals surface area (Å²) in [6, 6.07) is 5.45. The molecule has 3 fully saturated rings. The lowest BCUT2D eigenvalue weighted by Crippen LogP contribution is -2.34. The molecule has 4 rings (SSSR count). The molecule has 1 aromatic rings. The maximum atomic E-state index is 14.8. The van der Waals surface area contributed by atoms with Gasteiger partial charge < -0.3 is 4.74 Å². The molecule has 0 aliphatic heterocycles. The Hall–Kier alpha value is -1.57. The maximum absolute atomic E-state index is 14.8. The van der Waals surface area contributed by atoms with E-state index < -0.39 is 0 Å². The van der Waals surface area contributed by atoms with Crippen LogP contribution in [-0.2, 0) is 0 Å². The molecule has 0 aromatic heterocycles. The van der Waals surface area contributed by atoms with E-state index in [1.807, 2.05) is 12.1 Å². The zero-order valence-corrected chi connectivity index (χ0v) is 18.7. The van der Waals surface area contributed by atoms with Gasteiger partial charge in [-0.3, -0.25) is 0 Å². The summed E-state index contributed by atoms with van der Waals surface area (Å²) in [4.78, 5) is 0. The first-order valence-electron chi connectivity index (χ1n) is 12.3. The first-order chi connectivity index (χ1) is 14.7. The average molecular weight is 411 g/mol. The van der Waals surface area contributed by atoms with E-state index in [1.165, 1.54) is 57.8 Å². The van der Waals surface area contributed by atoms with Crippen molar-refractivity contribution < 1.29 is 9.13 Å². The van der Waals surface area contributed by atoms with Gasteiger partial charge in [-0.2, -0.15) is 0 Å². The van der Waals surface area contributed by atoms with Crippen molar-refractivity contribution in [1.29, 1.82) is 0 Å². The Bertz CT molecular complexity index is 730. The highest BCUT2D eigenvalue weighted by atomic mass is 19.1. The molecule has 0 spiro atoms. The molecule has 4 atom stereocenters. The van der Waals surface area contributed by atoms with Gasteiger partial charge in [0.15, 0.2) is 0 Å². The minimum absolute atomic E-state index is 0.0911. The Kier molecular flexibility index (Phi) is 7.33. The summed E-state index contributed by atoms with van der Waals surface area (Å²) in [6.07, 6.45) is 19.8. The summed E-state index contributed by atoms with van der Waals surface area (Å²) < 4.78 is 20.3. The summed E-state index contributed by atoms with van der Waals surface area (Å²) in [5, 5.41) is 0. The van der Waals surface area contributed by atoms with E-state index in [0.717, 1.165) is 41.6 Å². The maximum Gasteiger partial charge on any atom is 0.130 e. The predicted molar refractivity (Wildman–Crippen MR) is 123 cm³/mol. The molecule has 30 heavy (non-hydrogen) atoms. The molecule has 0 amide bonds. The smallest absolute Gasteiger partial charge is 0.130 e. The van der Waals surface area contributed by atoms with Crippen LogP contribution in [-0.4, -0.2) is 6.61 Å². The van der Waals surface area contributed by atoms with Crippen LogP contribution in [0.1, 0.15) is 82.6 Å². The minimum Gasteiger partial charge on any atom is -0.489 e. The number of allylic oxidation sites excluding steroid dienone is 2. The van der Waals surface area contributed by atoms with E-state index in [1.54, 1.807) is 12.1 Å². The lowest BCUT2D eigenvalue weighted by Gasteiger charge is -2.45. The van der Waals surface area contributed by atoms with Crippen LogP contribution >= 0.6 is 0 Å². The van der Waals surface area contributed by atoms with Gasteiger partial charge in [0.2, 0.25) is 0 Å². The zero-order valence-electron chi connectivity index (χ0n) is 18.7. The third kappa shape index (κ3) is 5.01. The summed E-state index contributed by atoms with van der Waals surface area (Å²) in [5.41, 5.74) is 0.906. The topological polar surface area (TPSA) is 9.23 Å². The Balaban J connectivity index is 1.31. The van der Waals surface area contributed by atoms with E-state index in [2.05, 4.69) is 25.7 Å². The quantitative estimate of drug-likeness (QED) is 0.431. The number of benzene rings is 1. The van der Waals surface area contributed by atoms with Crippen molar-refractivity contribution in [3.63, 3.8) is 0 Å². The molecule has 0 radical (unpaired) electrons. The molecule has 0 N–H and O–H groups in total. The Labute approximate surface area is 182 Å². The van der Waals surface area contributed by atoms with Crippen molar-refractivity contribution in [2.45, 2.75) is 77.0 Å². The first kappa shape index (κ1) is 21.7. The lowest BCUT2D eigenvalue weighted by molar-refractivity contribution is 0.0743. The molecule has 3 saturated carbocycles. The van der Waals surface area contributed by atoms with E-state index in [-0.39, 0.29) is 5.82 Å². The van der Waals surface area contributed by atoms with E-state index in [9.17, 15) is 4.39 Å². The van der Waals surface area contributed by atoms with Crippen LogP contribution in [0.15, 0.2) is 43.0 Å². The third-order valence-electron chi connectivity index (χ3n) is 8.38. The second-order valence-corrected chi connectivity index (χ2v) is 10.1. The van der Waals surface area contributed by atoms with E-state index in [0.29, 0.717) is 18.3 Å². The minimum atomic E-state index is -0.0911. The molecule has 3 aliphatic rings. The number of hydrogen-bond acceptors (Lipinski definition) is 1. The second kappa shape index (κ2) is 10.2. The SMILES string of the molecule is C=CCOc1ccc(C2CCC3CC(C4CCC(/C=C/C)CC4)CCC3C2)c(F)c1. The molecule has 0 bridgehead atoms. The van der Waals surface area contributed by atoms with Gasteiger partial charge in [0, 0.05) is 6.07 Å². The van der Waals surface area contributed by atoms with Gasteiger partial charge >= 0.3 is 0 Å². The second-order valence-electron chi connectivity index (χ2n) is 10.1. The molecule has 164 valence electrons. The van der Waals surface area contributed by atoms with Gasteiger partial charge in [-0.25, -0.2) is 4.39 Å². The Morgan fingerprint density at radius 1 is 0.933 bits per heavy atom. The van der Waals surface area contributed by atoms with E-state index in [4.69, 9.17) is 4.74 Å². The van der Waals surface area contributed by atoms with Crippen molar-refractivity contribution >= 4 is 0 Å². The molecule has 1 aromatic carbocycles. The Morgan fingerprint density at radius 3 is 2.30 bits per heavy atom. The van der Waals surface area contributed by atoms with Crippen LogP contribution in [0.4, 0.5) is 4.39 Å². The molecule has 3 aliphatic carbocycles. The van der Waals surface area contributed by atoms with Crippen LogP contribution in [0.3, 0.4) is 0 Å². The summed E-state index contributed by atoms with van der Waals surface area (Å²) in [6.45, 7) is 6.23. The third-order valence-corrected chi connectivity index (χ3v) is 8.38. The predicted octanol–water partition coefficient (Wildman–Crippen LogP) is 8.07. The van der Waals surface area contributed by atoms with Gasteiger partial charge in [0.25, 0.3) is 0 Å². The van der Waals surface area contributed by atoms with Crippen LogP contribution < -0.4 is 4.74 Å². The average Bonchev–Trinajstić information content (AvgIpc) is 2.78. The van der Waals surface area contributed by atoms with Crippen LogP contribution in [0.25, 0.3) is 0 Å². The summed E-state index contributed by atoms with van der Waals surface area (Å²) in [7, 11) is 0. The number of fused-ring (bicyclic) bond motifs is 1. The highest BCUT2D eigenvalue weighted by Crippen LogP contribution is 2.51. The van der Waals surface area contributed by atoms with Gasteiger partial charge in [-0.05, 0) is 118 Å². The normalized spacial score (nSPS) is 34.5. The molecular formula is C28H39FO. The lowest BCUT2D eigenvalue weighted by atomic mass is 9.60. The highest BCUT2D eigenvalue weighted by Gasteiger charge is 2.39. The number of halogens is 1. The molecule has 0 saturated heterocycles. The van der Waals surface area contributed by atoms with Crippen molar-refractivity contribution in [3.8, 4) is 5.75 Å². The standard InChI is InChI=1S/C28H39FO/c1-3-5-20-6-8-21(9-7-20)22-10-11-24-18-25(13-12-23(24)17-22)27-15-14-26(19-28(27)29)30-16-4-2/h3-5,14-15,19-25H,2,6-13,16-18H2,1H3/b5-3+. The molecule has 1 nitrogen and oxygen atoms in total. The van der Waals surface area contributed by atoms with Gasteiger partial charge in [-0.15, -0.1) is 0 Å². The first-order valence-corrected chi connectivity index (χ1v) is 12.3. The fraction of sp³-hybridized carbons (Fsp3) is 0.643. The summed E-state index contributed by atoms with van der Waals surface area (Å²) in [5.74, 6) is 5.33. The molecule has 2 heteroatoms. The van der Waals surface area contributed by atoms with Crippen molar-refractivity contribution in [3.05, 3.63) is 54.4 Å². The van der Waals surface area contributed by atoms with Crippen LogP contribution in [0, 0.1) is 35.4 Å². The summed E-state index contributed by atoms with van der Waals surface area (Å²) >= 11 is 0. The molecule has 0 heterocycles. The fourth-order valence-electron chi connectivity index (χ4n) is 6.80.